The fraction of sp³-hybridized carbons (Fsp3) is 0.214. The second kappa shape index (κ2) is 6.09. The molecular weight excluding hydrogens is 324 g/mol. The Morgan fingerprint density at radius 1 is 1.47 bits per heavy atom. The van der Waals surface area contributed by atoms with Gasteiger partial charge in [0.05, 0.1) is 18.4 Å². The standard InChI is InChI=1S/C14H13BrN2OS/c1-9-12(15)6-11(19-9)8-17-14-10(7-16)4-3-5-13(14)18-2/h3-6,17H,8H2,1-2H3. The zero-order chi connectivity index (χ0) is 13.8. The predicted octanol–water partition coefficient (Wildman–Crippen LogP) is 4.31. The van der Waals surface area contributed by atoms with Gasteiger partial charge in [-0.05, 0) is 41.1 Å². The minimum absolute atomic E-state index is 0.590. The number of benzene rings is 1. The molecule has 2 rings (SSSR count). The van der Waals surface area contributed by atoms with Crippen molar-refractivity contribution in [1.29, 1.82) is 5.26 Å². The SMILES string of the molecule is COc1cccc(C#N)c1NCc1cc(Br)c(C)s1. The van der Waals surface area contributed by atoms with E-state index in [4.69, 9.17) is 10.00 Å². The lowest BCUT2D eigenvalue weighted by atomic mass is 10.1. The number of hydrogen-bond donors (Lipinski definition) is 1. The van der Waals surface area contributed by atoms with Crippen molar-refractivity contribution in [1.82, 2.24) is 0 Å². The van der Waals surface area contributed by atoms with Crippen molar-refractivity contribution >= 4 is 33.0 Å². The summed E-state index contributed by atoms with van der Waals surface area (Å²) in [5.74, 6) is 0.686. The van der Waals surface area contributed by atoms with E-state index in [2.05, 4.69) is 40.3 Å². The van der Waals surface area contributed by atoms with Gasteiger partial charge < -0.3 is 10.1 Å². The maximum Gasteiger partial charge on any atom is 0.143 e. The minimum atomic E-state index is 0.590. The molecule has 98 valence electrons. The van der Waals surface area contributed by atoms with Crippen molar-refractivity contribution in [2.75, 3.05) is 12.4 Å². The molecule has 1 aromatic carbocycles. The van der Waals surface area contributed by atoms with Crippen molar-refractivity contribution < 1.29 is 4.74 Å². The molecule has 1 heterocycles. The highest BCUT2D eigenvalue weighted by atomic mass is 79.9. The van der Waals surface area contributed by atoms with Gasteiger partial charge in [-0.3, -0.25) is 0 Å². The van der Waals surface area contributed by atoms with E-state index < -0.39 is 0 Å². The predicted molar refractivity (Wildman–Crippen MR) is 81.8 cm³/mol. The Kier molecular flexibility index (Phi) is 4.46. The molecule has 0 aliphatic carbocycles. The van der Waals surface area contributed by atoms with E-state index in [0.29, 0.717) is 17.9 Å². The number of rotatable bonds is 4. The Bertz CT molecular complexity index is 611. The largest absolute Gasteiger partial charge is 0.495 e. The zero-order valence-electron chi connectivity index (χ0n) is 10.7. The highest BCUT2D eigenvalue weighted by Crippen LogP contribution is 2.30. The van der Waals surface area contributed by atoms with Gasteiger partial charge in [-0.15, -0.1) is 11.3 Å². The first-order chi connectivity index (χ1) is 9.15. The number of hydrogen-bond acceptors (Lipinski definition) is 4. The Morgan fingerprint density at radius 3 is 2.84 bits per heavy atom. The van der Waals surface area contributed by atoms with Gasteiger partial charge in [0.15, 0.2) is 0 Å². The number of nitrogens with one attached hydrogen (secondary N) is 1. The van der Waals surface area contributed by atoms with Crippen LogP contribution in [0, 0.1) is 18.3 Å². The first kappa shape index (κ1) is 13.9. The smallest absolute Gasteiger partial charge is 0.143 e. The molecule has 1 aromatic heterocycles. The summed E-state index contributed by atoms with van der Waals surface area (Å²) in [5.41, 5.74) is 1.33. The molecule has 0 atom stereocenters. The van der Waals surface area contributed by atoms with Crippen LogP contribution in [-0.2, 0) is 6.54 Å². The molecule has 0 spiro atoms. The van der Waals surface area contributed by atoms with Crippen LogP contribution in [0.5, 0.6) is 5.75 Å². The molecule has 0 amide bonds. The molecule has 0 aliphatic rings. The van der Waals surface area contributed by atoms with Crippen LogP contribution in [-0.4, -0.2) is 7.11 Å². The van der Waals surface area contributed by atoms with Crippen LogP contribution in [0.15, 0.2) is 28.7 Å². The second-order valence-corrected chi connectivity index (χ2v) is 6.16. The molecule has 3 nitrogen and oxygen atoms in total. The zero-order valence-corrected chi connectivity index (χ0v) is 13.1. The molecule has 0 fully saturated rings. The number of thiophene rings is 1. The van der Waals surface area contributed by atoms with E-state index >= 15 is 0 Å². The molecule has 5 heteroatoms. The van der Waals surface area contributed by atoms with Gasteiger partial charge in [-0.25, -0.2) is 0 Å². The maximum absolute atomic E-state index is 9.13. The fourth-order valence-electron chi connectivity index (χ4n) is 1.76. The van der Waals surface area contributed by atoms with Crippen molar-refractivity contribution in [3.05, 3.63) is 44.1 Å². The van der Waals surface area contributed by atoms with Crippen LogP contribution in [0.1, 0.15) is 15.3 Å². The first-order valence-electron chi connectivity index (χ1n) is 5.71. The number of aryl methyl sites for hydroxylation is 1. The van der Waals surface area contributed by atoms with Crippen LogP contribution in [0.4, 0.5) is 5.69 Å². The highest BCUT2D eigenvalue weighted by Gasteiger charge is 2.09. The molecule has 0 saturated carbocycles. The van der Waals surface area contributed by atoms with Crippen molar-refractivity contribution in [3.8, 4) is 11.8 Å². The molecule has 0 radical (unpaired) electrons. The summed E-state index contributed by atoms with van der Waals surface area (Å²) >= 11 is 5.23. The van der Waals surface area contributed by atoms with E-state index in [-0.39, 0.29) is 0 Å². The third-order valence-electron chi connectivity index (χ3n) is 2.71. The van der Waals surface area contributed by atoms with Crippen LogP contribution < -0.4 is 10.1 Å². The first-order valence-corrected chi connectivity index (χ1v) is 7.32. The topological polar surface area (TPSA) is 45.0 Å². The van der Waals surface area contributed by atoms with Crippen LogP contribution in [0.25, 0.3) is 0 Å². The minimum Gasteiger partial charge on any atom is -0.495 e. The fourth-order valence-corrected chi connectivity index (χ4v) is 3.30. The molecule has 1 N–H and O–H groups in total. The third kappa shape index (κ3) is 3.09. The summed E-state index contributed by atoms with van der Waals surface area (Å²) in [4.78, 5) is 2.46. The number of nitriles is 1. The molecular formula is C14H13BrN2OS. The summed E-state index contributed by atoms with van der Waals surface area (Å²) in [6, 6.07) is 9.70. The van der Waals surface area contributed by atoms with E-state index in [1.165, 1.54) is 9.75 Å². The Morgan fingerprint density at radius 2 is 2.26 bits per heavy atom. The van der Waals surface area contributed by atoms with Crippen molar-refractivity contribution in [3.63, 3.8) is 0 Å². The Labute approximate surface area is 125 Å². The molecule has 0 unspecified atom stereocenters. The average Bonchev–Trinajstić information content (AvgIpc) is 2.75. The summed E-state index contributed by atoms with van der Waals surface area (Å²) < 4.78 is 6.41. The van der Waals surface area contributed by atoms with Crippen LogP contribution in [0.3, 0.4) is 0 Å². The van der Waals surface area contributed by atoms with Crippen molar-refractivity contribution in [2.45, 2.75) is 13.5 Å². The highest BCUT2D eigenvalue weighted by molar-refractivity contribution is 9.10. The van der Waals surface area contributed by atoms with Crippen LogP contribution >= 0.6 is 27.3 Å². The summed E-state index contributed by atoms with van der Waals surface area (Å²) in [6.07, 6.45) is 0. The van der Waals surface area contributed by atoms with Gasteiger partial charge in [0, 0.05) is 20.8 Å². The summed E-state index contributed by atoms with van der Waals surface area (Å²) in [6.45, 7) is 2.74. The molecule has 19 heavy (non-hydrogen) atoms. The van der Waals surface area contributed by atoms with Gasteiger partial charge in [0.1, 0.15) is 11.8 Å². The number of methoxy groups -OCH3 is 1. The van der Waals surface area contributed by atoms with Gasteiger partial charge in [0.2, 0.25) is 0 Å². The lowest BCUT2D eigenvalue weighted by Crippen LogP contribution is -2.02. The number of ether oxygens (including phenoxy) is 1. The van der Waals surface area contributed by atoms with E-state index in [1.807, 2.05) is 12.1 Å². The van der Waals surface area contributed by atoms with E-state index in [1.54, 1.807) is 24.5 Å². The molecule has 2 aromatic rings. The molecule has 0 bridgehead atoms. The number of halogens is 1. The average molecular weight is 337 g/mol. The second-order valence-electron chi connectivity index (χ2n) is 3.97. The monoisotopic (exact) mass is 336 g/mol. The molecule has 0 saturated heterocycles. The normalized spacial score (nSPS) is 10.0. The molecule has 0 aliphatic heterocycles. The Balaban J connectivity index is 2.21. The number of nitrogens with zero attached hydrogens (tertiary/aromatic N) is 1. The van der Waals surface area contributed by atoms with E-state index in [9.17, 15) is 0 Å². The quantitative estimate of drug-likeness (QED) is 0.904. The third-order valence-corrected chi connectivity index (χ3v) is 4.85. The lowest BCUT2D eigenvalue weighted by Gasteiger charge is -2.11. The van der Waals surface area contributed by atoms with Gasteiger partial charge in [0.25, 0.3) is 0 Å². The maximum atomic E-state index is 9.13. The number of anilines is 1. The van der Waals surface area contributed by atoms with Gasteiger partial charge in [-0.1, -0.05) is 6.07 Å². The number of para-hydroxylation sites is 1. The van der Waals surface area contributed by atoms with Gasteiger partial charge in [-0.2, -0.15) is 5.26 Å². The van der Waals surface area contributed by atoms with Gasteiger partial charge >= 0.3 is 0 Å². The Hall–Kier alpha value is -1.51. The van der Waals surface area contributed by atoms with Crippen LogP contribution in [0.2, 0.25) is 0 Å². The van der Waals surface area contributed by atoms with E-state index in [0.717, 1.165) is 10.2 Å². The lowest BCUT2D eigenvalue weighted by molar-refractivity contribution is 0.416. The summed E-state index contributed by atoms with van der Waals surface area (Å²) in [5, 5.41) is 12.4. The summed E-state index contributed by atoms with van der Waals surface area (Å²) in [7, 11) is 1.60. The van der Waals surface area contributed by atoms with Crippen molar-refractivity contribution in [2.24, 2.45) is 0 Å².